The fraction of sp³-hybridized carbons (Fsp3) is 0.455. The third kappa shape index (κ3) is 4.26. The van der Waals surface area contributed by atoms with Gasteiger partial charge in [0, 0.05) is 12.1 Å². The fourth-order valence-corrected chi connectivity index (χ4v) is 3.92. The summed E-state index contributed by atoms with van der Waals surface area (Å²) in [5.74, 6) is 0.0677. The molecule has 0 bridgehead atoms. The number of phenols is 1. The lowest BCUT2D eigenvalue weighted by atomic mass is 9.98. The predicted octanol–water partition coefficient (Wildman–Crippen LogP) is -0.247. The van der Waals surface area contributed by atoms with Crippen molar-refractivity contribution in [3.05, 3.63) is 53.6 Å². The topological polar surface area (TPSA) is 162 Å². The highest BCUT2D eigenvalue weighted by molar-refractivity contribution is 5.53. The molecule has 0 aliphatic carbocycles. The number of epoxide rings is 1. The van der Waals surface area contributed by atoms with E-state index >= 15 is 0 Å². The molecule has 8 atom stereocenters. The van der Waals surface area contributed by atoms with Crippen molar-refractivity contribution in [2.24, 2.45) is 0 Å². The van der Waals surface area contributed by atoms with Crippen molar-refractivity contribution < 1.29 is 49.6 Å². The molecule has 2 aliphatic heterocycles. The van der Waals surface area contributed by atoms with Crippen LogP contribution in [0.4, 0.5) is 0 Å². The Bertz CT molecular complexity index is 920. The lowest BCUT2D eigenvalue weighted by Gasteiger charge is -2.40. The average molecular weight is 450 g/mol. The number of phenolic OH excluding ortho intramolecular Hbond substituents is 1. The third-order valence-electron chi connectivity index (χ3n) is 5.69. The van der Waals surface area contributed by atoms with Crippen LogP contribution in [0.3, 0.4) is 0 Å². The molecule has 2 aromatic rings. The molecule has 2 fully saturated rings. The van der Waals surface area contributed by atoms with E-state index in [4.69, 9.17) is 18.9 Å². The van der Waals surface area contributed by atoms with Crippen LogP contribution in [0.5, 0.6) is 17.2 Å². The van der Waals surface area contributed by atoms with Gasteiger partial charge in [-0.1, -0.05) is 30.3 Å². The quantitative estimate of drug-likeness (QED) is 0.310. The number of benzene rings is 2. The maximum atomic E-state index is 10.6. The van der Waals surface area contributed by atoms with Gasteiger partial charge in [0.25, 0.3) is 0 Å². The van der Waals surface area contributed by atoms with Crippen LogP contribution in [0.25, 0.3) is 0 Å². The first-order valence-corrected chi connectivity index (χ1v) is 10.1. The van der Waals surface area contributed by atoms with Crippen LogP contribution >= 0.6 is 0 Å². The van der Waals surface area contributed by atoms with E-state index in [1.165, 1.54) is 19.2 Å². The molecule has 0 aromatic heterocycles. The standard InChI is InChI=1S/C22H26O10/c1-29-13-8-11(30-19-14(9-23)31-22(28)18(27)17(19)26)7-12(24)15(13)20-21(32-20)16(25)10-5-3-2-4-6-10/h2-8,14,16-28H,9H2,1H3/t14-,16+,17-,18-,19-,20+,21+,22-/m1/s1. The molecule has 0 saturated carbocycles. The number of aliphatic hydroxyl groups is 5. The summed E-state index contributed by atoms with van der Waals surface area (Å²) in [6.45, 7) is -0.582. The maximum absolute atomic E-state index is 10.6. The Hall–Kier alpha value is -2.44. The Labute approximate surface area is 183 Å². The highest BCUT2D eigenvalue weighted by Gasteiger charge is 2.49. The second-order valence-corrected chi connectivity index (χ2v) is 7.75. The van der Waals surface area contributed by atoms with Crippen LogP contribution in [0.1, 0.15) is 23.3 Å². The predicted molar refractivity (Wildman–Crippen MR) is 108 cm³/mol. The van der Waals surface area contributed by atoms with Crippen molar-refractivity contribution >= 4 is 0 Å². The van der Waals surface area contributed by atoms with Crippen molar-refractivity contribution in [3.8, 4) is 17.2 Å². The highest BCUT2D eigenvalue weighted by atomic mass is 16.7. The van der Waals surface area contributed by atoms with E-state index in [0.29, 0.717) is 11.1 Å². The molecular weight excluding hydrogens is 424 g/mol. The largest absolute Gasteiger partial charge is 0.507 e. The molecule has 2 heterocycles. The number of rotatable bonds is 7. The summed E-state index contributed by atoms with van der Waals surface area (Å²) in [5, 5.41) is 60.4. The van der Waals surface area contributed by atoms with Gasteiger partial charge in [0.1, 0.15) is 53.9 Å². The molecule has 0 unspecified atom stereocenters. The van der Waals surface area contributed by atoms with Crippen LogP contribution in [0, 0.1) is 0 Å². The van der Waals surface area contributed by atoms with E-state index in [-0.39, 0.29) is 17.2 Å². The summed E-state index contributed by atoms with van der Waals surface area (Å²) in [6.07, 6.45) is -9.29. The number of aliphatic hydroxyl groups excluding tert-OH is 5. The fourth-order valence-electron chi connectivity index (χ4n) is 3.92. The van der Waals surface area contributed by atoms with Crippen LogP contribution in [-0.4, -0.2) is 81.2 Å². The number of hydrogen-bond donors (Lipinski definition) is 6. The second kappa shape index (κ2) is 9.20. The summed E-state index contributed by atoms with van der Waals surface area (Å²) < 4.78 is 21.7. The van der Waals surface area contributed by atoms with Crippen LogP contribution in [-0.2, 0) is 9.47 Å². The Morgan fingerprint density at radius 3 is 2.41 bits per heavy atom. The van der Waals surface area contributed by atoms with Crippen molar-refractivity contribution in [1.29, 1.82) is 0 Å². The minimum atomic E-state index is -1.67. The van der Waals surface area contributed by atoms with E-state index in [1.54, 1.807) is 24.3 Å². The van der Waals surface area contributed by atoms with Crippen molar-refractivity contribution in [2.75, 3.05) is 13.7 Å². The number of ether oxygens (including phenoxy) is 4. The lowest BCUT2D eigenvalue weighted by Crippen LogP contribution is -2.60. The highest BCUT2D eigenvalue weighted by Crippen LogP contribution is 2.52. The Balaban J connectivity index is 1.54. The van der Waals surface area contributed by atoms with Gasteiger partial charge >= 0.3 is 0 Å². The molecule has 2 aliphatic rings. The maximum Gasteiger partial charge on any atom is 0.184 e. The van der Waals surface area contributed by atoms with Gasteiger partial charge < -0.3 is 49.6 Å². The zero-order valence-corrected chi connectivity index (χ0v) is 17.2. The molecule has 0 radical (unpaired) electrons. The third-order valence-corrected chi connectivity index (χ3v) is 5.69. The number of aromatic hydroxyl groups is 1. The monoisotopic (exact) mass is 450 g/mol. The molecule has 2 saturated heterocycles. The van der Waals surface area contributed by atoms with Crippen molar-refractivity contribution in [1.82, 2.24) is 0 Å². The van der Waals surface area contributed by atoms with Crippen molar-refractivity contribution in [2.45, 2.75) is 49.0 Å². The molecule has 0 spiro atoms. The minimum Gasteiger partial charge on any atom is -0.507 e. The molecule has 10 heteroatoms. The van der Waals surface area contributed by atoms with Crippen molar-refractivity contribution in [3.63, 3.8) is 0 Å². The molecule has 10 nitrogen and oxygen atoms in total. The Morgan fingerprint density at radius 1 is 1.03 bits per heavy atom. The second-order valence-electron chi connectivity index (χ2n) is 7.75. The minimum absolute atomic E-state index is 0.0681. The van der Waals surface area contributed by atoms with Gasteiger partial charge in [0.05, 0.1) is 19.3 Å². The Morgan fingerprint density at radius 2 is 1.75 bits per heavy atom. The zero-order valence-electron chi connectivity index (χ0n) is 17.2. The van der Waals surface area contributed by atoms with Gasteiger partial charge in [-0.05, 0) is 5.56 Å². The van der Waals surface area contributed by atoms with E-state index in [1.807, 2.05) is 6.07 Å². The van der Waals surface area contributed by atoms with Crippen LogP contribution in [0.15, 0.2) is 42.5 Å². The molecule has 6 N–H and O–H groups in total. The molecule has 174 valence electrons. The van der Waals surface area contributed by atoms with Gasteiger partial charge in [-0.25, -0.2) is 0 Å². The summed E-state index contributed by atoms with van der Waals surface area (Å²) in [5.41, 5.74) is 1.01. The SMILES string of the molecule is COc1cc(O[C@H]2[C@H](O)[C@@H](O)[C@H](O)O[C@@H]2CO)cc(O)c1[C@@H]1O[C@H]1[C@@H](O)c1ccccc1. The first-order valence-electron chi connectivity index (χ1n) is 10.1. The molecule has 0 amide bonds. The molecule has 2 aromatic carbocycles. The first kappa shape index (κ1) is 22.7. The van der Waals surface area contributed by atoms with Crippen LogP contribution < -0.4 is 9.47 Å². The van der Waals surface area contributed by atoms with Gasteiger partial charge in [-0.15, -0.1) is 0 Å². The first-order chi connectivity index (χ1) is 15.3. The molecular formula is C22H26O10. The van der Waals surface area contributed by atoms with E-state index < -0.39 is 55.6 Å². The summed E-state index contributed by atoms with van der Waals surface area (Å²) >= 11 is 0. The van der Waals surface area contributed by atoms with Gasteiger partial charge in [0.2, 0.25) is 0 Å². The smallest absolute Gasteiger partial charge is 0.184 e. The number of methoxy groups -OCH3 is 1. The average Bonchev–Trinajstić information content (AvgIpc) is 3.59. The Kier molecular flexibility index (Phi) is 6.54. The van der Waals surface area contributed by atoms with E-state index in [2.05, 4.69) is 0 Å². The van der Waals surface area contributed by atoms with E-state index in [0.717, 1.165) is 0 Å². The van der Waals surface area contributed by atoms with Gasteiger partial charge in [0.15, 0.2) is 12.4 Å². The van der Waals surface area contributed by atoms with E-state index in [9.17, 15) is 30.6 Å². The lowest BCUT2D eigenvalue weighted by molar-refractivity contribution is -0.282. The summed E-state index contributed by atoms with van der Waals surface area (Å²) in [7, 11) is 1.39. The molecule has 32 heavy (non-hydrogen) atoms. The molecule has 4 rings (SSSR count). The summed E-state index contributed by atoms with van der Waals surface area (Å²) in [6, 6.07) is 11.7. The summed E-state index contributed by atoms with van der Waals surface area (Å²) in [4.78, 5) is 0. The van der Waals surface area contributed by atoms with Gasteiger partial charge in [-0.2, -0.15) is 0 Å². The zero-order chi connectivity index (χ0) is 23.0. The normalized spacial score (nSPS) is 32.9. The van der Waals surface area contributed by atoms with Gasteiger partial charge in [-0.3, -0.25) is 0 Å². The van der Waals surface area contributed by atoms with Crippen LogP contribution in [0.2, 0.25) is 0 Å². The number of hydrogen-bond acceptors (Lipinski definition) is 10.